The first-order valence-corrected chi connectivity index (χ1v) is 9.94. The van der Waals surface area contributed by atoms with E-state index in [4.69, 9.17) is 0 Å². The molecule has 29 heavy (non-hydrogen) atoms. The van der Waals surface area contributed by atoms with E-state index in [1.807, 2.05) is 35.8 Å². The van der Waals surface area contributed by atoms with E-state index in [-0.39, 0.29) is 30.3 Å². The van der Waals surface area contributed by atoms with Crippen LogP contribution in [0.5, 0.6) is 0 Å². The molecule has 2 amide bonds. The third-order valence-corrected chi connectivity index (χ3v) is 5.56. The summed E-state index contributed by atoms with van der Waals surface area (Å²) >= 11 is 0. The maximum atomic E-state index is 13.3. The number of anilines is 2. The van der Waals surface area contributed by atoms with Crippen LogP contribution in [0.3, 0.4) is 0 Å². The topological polar surface area (TPSA) is 38.8 Å². The van der Waals surface area contributed by atoms with Crippen LogP contribution in [0.1, 0.15) is 25.0 Å². The van der Waals surface area contributed by atoms with Gasteiger partial charge in [0.25, 0.3) is 0 Å². The number of rotatable bonds is 4. The minimum absolute atomic E-state index is 0. The van der Waals surface area contributed by atoms with Gasteiger partial charge >= 0.3 is 6.03 Å². The fraction of sp³-hybridized carbons (Fsp3) is 0.409. The lowest BCUT2D eigenvalue weighted by atomic mass is 10.0. The van der Waals surface area contributed by atoms with Gasteiger partial charge in [-0.15, -0.1) is 12.4 Å². The van der Waals surface area contributed by atoms with Crippen molar-refractivity contribution >= 4 is 29.8 Å². The Morgan fingerprint density at radius 2 is 1.69 bits per heavy atom. The summed E-state index contributed by atoms with van der Waals surface area (Å²) in [7, 11) is 0. The average molecular weight is 419 g/mol. The molecule has 7 heteroatoms. The van der Waals surface area contributed by atoms with Crippen molar-refractivity contribution in [2.24, 2.45) is 0 Å². The molecule has 2 aliphatic heterocycles. The van der Waals surface area contributed by atoms with E-state index in [1.165, 1.54) is 23.4 Å². The molecule has 0 aliphatic carbocycles. The van der Waals surface area contributed by atoms with Gasteiger partial charge in [0.2, 0.25) is 0 Å². The van der Waals surface area contributed by atoms with E-state index in [2.05, 4.69) is 16.3 Å². The number of carbonyl (C=O) groups is 1. The molecule has 1 saturated heterocycles. The number of benzene rings is 2. The Hall–Kier alpha value is -2.31. The Morgan fingerprint density at radius 1 is 1.03 bits per heavy atom. The van der Waals surface area contributed by atoms with Crippen molar-refractivity contribution in [3.8, 4) is 0 Å². The molecule has 0 unspecified atom stereocenters. The molecule has 2 heterocycles. The molecule has 2 aromatic carbocycles. The predicted molar refractivity (Wildman–Crippen MR) is 117 cm³/mol. The number of amides is 2. The van der Waals surface area contributed by atoms with E-state index in [9.17, 15) is 9.18 Å². The summed E-state index contributed by atoms with van der Waals surface area (Å²) in [5.74, 6) is -0.265. The minimum Gasteiger partial charge on any atom is -0.369 e. The molecular formula is C22H28ClFN4O. The molecule has 156 valence electrons. The summed E-state index contributed by atoms with van der Waals surface area (Å²) in [6.07, 6.45) is 0. The molecule has 0 spiro atoms. The summed E-state index contributed by atoms with van der Waals surface area (Å²) < 4.78 is 13.3. The monoisotopic (exact) mass is 418 g/mol. The number of halogens is 2. The van der Waals surface area contributed by atoms with Crippen LogP contribution in [0.15, 0.2) is 42.5 Å². The highest BCUT2D eigenvalue weighted by Crippen LogP contribution is 2.37. The molecule has 4 rings (SSSR count). The third-order valence-electron chi connectivity index (χ3n) is 5.56. The van der Waals surface area contributed by atoms with Gasteiger partial charge in [0, 0.05) is 43.5 Å². The Bertz CT molecular complexity index is 852. The average Bonchev–Trinajstić information content (AvgIpc) is 2.71. The molecule has 0 saturated carbocycles. The normalized spacial score (nSPS) is 16.7. The summed E-state index contributed by atoms with van der Waals surface area (Å²) in [4.78, 5) is 19.4. The van der Waals surface area contributed by atoms with Crippen molar-refractivity contribution in [3.05, 3.63) is 59.4 Å². The standard InChI is InChI=1S/C22H27FN4O.ClH/c1-16(2)26-15-19-20(25-12-10-24-11-13-25)4-3-5-21(19)27(22(26)28)14-17-6-8-18(23)9-7-17;/h3-9,16,24H,10-15H2,1-2H3;1H. The highest BCUT2D eigenvalue weighted by Gasteiger charge is 2.34. The van der Waals surface area contributed by atoms with Gasteiger partial charge in [-0.2, -0.15) is 0 Å². The summed E-state index contributed by atoms with van der Waals surface area (Å²) in [6, 6.07) is 12.7. The Labute approximate surface area is 177 Å². The number of hydrogen-bond donors (Lipinski definition) is 1. The first-order valence-electron chi connectivity index (χ1n) is 9.94. The first-order chi connectivity index (χ1) is 13.5. The highest BCUT2D eigenvalue weighted by molar-refractivity contribution is 5.96. The predicted octanol–water partition coefficient (Wildman–Crippen LogP) is 4.01. The molecule has 0 bridgehead atoms. The second-order valence-electron chi connectivity index (χ2n) is 7.73. The van der Waals surface area contributed by atoms with Crippen molar-refractivity contribution < 1.29 is 9.18 Å². The van der Waals surface area contributed by atoms with E-state index < -0.39 is 0 Å². The Balaban J connectivity index is 0.00000240. The number of hydrogen-bond acceptors (Lipinski definition) is 3. The quantitative estimate of drug-likeness (QED) is 0.815. The van der Waals surface area contributed by atoms with E-state index in [1.54, 1.807) is 12.1 Å². The van der Waals surface area contributed by atoms with Gasteiger partial charge in [-0.1, -0.05) is 18.2 Å². The van der Waals surface area contributed by atoms with Gasteiger partial charge in [-0.05, 0) is 43.7 Å². The lowest BCUT2D eigenvalue weighted by Crippen LogP contribution is -2.50. The number of carbonyl (C=O) groups excluding carboxylic acids is 1. The molecule has 5 nitrogen and oxygen atoms in total. The zero-order valence-electron chi connectivity index (χ0n) is 16.9. The maximum absolute atomic E-state index is 13.3. The number of nitrogens with zero attached hydrogens (tertiary/aromatic N) is 3. The van der Waals surface area contributed by atoms with Crippen molar-refractivity contribution in [2.45, 2.75) is 33.0 Å². The van der Waals surface area contributed by atoms with Crippen molar-refractivity contribution in [1.29, 1.82) is 0 Å². The van der Waals surface area contributed by atoms with Crippen molar-refractivity contribution in [1.82, 2.24) is 10.2 Å². The second-order valence-corrected chi connectivity index (χ2v) is 7.73. The molecule has 0 aromatic heterocycles. The van der Waals surface area contributed by atoms with Crippen molar-refractivity contribution in [2.75, 3.05) is 36.0 Å². The SMILES string of the molecule is CC(C)N1Cc2c(N3CCNCC3)cccc2N(Cc2ccc(F)cc2)C1=O.Cl. The summed E-state index contributed by atoms with van der Waals surface area (Å²) in [6.45, 7) is 9.00. The van der Waals surface area contributed by atoms with E-state index in [0.29, 0.717) is 13.1 Å². The zero-order chi connectivity index (χ0) is 19.7. The van der Waals surface area contributed by atoms with Crippen LogP contribution in [0.25, 0.3) is 0 Å². The highest BCUT2D eigenvalue weighted by atomic mass is 35.5. The smallest absolute Gasteiger partial charge is 0.325 e. The molecule has 2 aromatic rings. The van der Waals surface area contributed by atoms with Gasteiger partial charge in [0.1, 0.15) is 5.82 Å². The lowest BCUT2D eigenvalue weighted by Gasteiger charge is -2.42. The van der Waals surface area contributed by atoms with Crippen LogP contribution in [0.2, 0.25) is 0 Å². The number of urea groups is 1. The van der Waals surface area contributed by atoms with Crippen LogP contribution in [-0.2, 0) is 13.1 Å². The summed E-state index contributed by atoms with van der Waals surface area (Å²) in [5, 5.41) is 3.40. The van der Waals surface area contributed by atoms with Crippen LogP contribution in [0, 0.1) is 5.82 Å². The number of nitrogens with one attached hydrogen (secondary N) is 1. The Kier molecular flexibility index (Phi) is 6.65. The fourth-order valence-corrected chi connectivity index (χ4v) is 4.00. The molecule has 2 aliphatic rings. The van der Waals surface area contributed by atoms with Crippen LogP contribution in [-0.4, -0.2) is 43.2 Å². The molecular weight excluding hydrogens is 391 g/mol. The second kappa shape index (κ2) is 9.01. The van der Waals surface area contributed by atoms with Gasteiger partial charge in [-0.3, -0.25) is 4.90 Å². The third kappa shape index (κ3) is 4.33. The van der Waals surface area contributed by atoms with Crippen LogP contribution in [0.4, 0.5) is 20.6 Å². The zero-order valence-corrected chi connectivity index (χ0v) is 17.7. The molecule has 0 atom stereocenters. The van der Waals surface area contributed by atoms with Gasteiger partial charge < -0.3 is 15.1 Å². The molecule has 1 fully saturated rings. The fourth-order valence-electron chi connectivity index (χ4n) is 4.00. The van der Waals surface area contributed by atoms with E-state index >= 15 is 0 Å². The number of piperazine rings is 1. The maximum Gasteiger partial charge on any atom is 0.325 e. The van der Waals surface area contributed by atoms with Gasteiger partial charge in [0.05, 0.1) is 18.8 Å². The van der Waals surface area contributed by atoms with Gasteiger partial charge in [0.15, 0.2) is 0 Å². The van der Waals surface area contributed by atoms with Crippen molar-refractivity contribution in [3.63, 3.8) is 0 Å². The molecule has 0 radical (unpaired) electrons. The van der Waals surface area contributed by atoms with Gasteiger partial charge in [-0.25, -0.2) is 9.18 Å². The largest absolute Gasteiger partial charge is 0.369 e. The molecule has 1 N–H and O–H groups in total. The van der Waals surface area contributed by atoms with E-state index in [0.717, 1.165) is 37.4 Å². The first kappa shape index (κ1) is 21.4. The minimum atomic E-state index is -0.265. The van der Waals surface area contributed by atoms with Crippen LogP contribution >= 0.6 is 12.4 Å². The Morgan fingerprint density at radius 3 is 2.34 bits per heavy atom. The lowest BCUT2D eigenvalue weighted by molar-refractivity contribution is 0.182. The number of fused-ring (bicyclic) bond motifs is 1. The summed E-state index contributed by atoms with van der Waals surface area (Å²) in [5.41, 5.74) is 4.28. The van der Waals surface area contributed by atoms with Crippen LogP contribution < -0.4 is 15.1 Å².